The third-order valence-corrected chi connectivity index (χ3v) is 4.27. The quantitative estimate of drug-likeness (QED) is 0.858. The van der Waals surface area contributed by atoms with E-state index in [9.17, 15) is 0 Å². The number of rotatable bonds is 5. The number of nitrogens with zero attached hydrogens (tertiary/aromatic N) is 1. The lowest BCUT2D eigenvalue weighted by atomic mass is 9.75. The Hall–Kier alpha value is -0.450. The first-order valence-electron chi connectivity index (χ1n) is 5.86. The van der Waals surface area contributed by atoms with E-state index in [1.54, 1.807) is 18.4 Å². The second-order valence-electron chi connectivity index (χ2n) is 4.88. The van der Waals surface area contributed by atoms with Gasteiger partial charge >= 0.3 is 0 Å². The fourth-order valence-corrected chi connectivity index (χ4v) is 2.93. The zero-order valence-electron chi connectivity index (χ0n) is 10.0. The van der Waals surface area contributed by atoms with Crippen molar-refractivity contribution in [3.05, 3.63) is 16.1 Å². The first-order chi connectivity index (χ1) is 7.61. The van der Waals surface area contributed by atoms with Crippen molar-refractivity contribution in [2.75, 3.05) is 7.11 Å². The summed E-state index contributed by atoms with van der Waals surface area (Å²) in [5.74, 6) is 0. The third-order valence-electron chi connectivity index (χ3n) is 3.35. The molecule has 0 aromatic carbocycles. The van der Waals surface area contributed by atoms with E-state index in [0.717, 1.165) is 36.4 Å². The molecule has 0 saturated heterocycles. The molecule has 1 atom stereocenters. The lowest BCUT2D eigenvalue weighted by Crippen LogP contribution is -2.48. The van der Waals surface area contributed by atoms with Crippen LogP contribution in [-0.4, -0.2) is 23.7 Å². The molecule has 1 aromatic heterocycles. The minimum Gasteiger partial charge on any atom is -0.381 e. The molecule has 4 heteroatoms. The second kappa shape index (κ2) is 4.82. The Morgan fingerprint density at radius 1 is 1.62 bits per heavy atom. The molecule has 1 aliphatic carbocycles. The van der Waals surface area contributed by atoms with E-state index in [2.05, 4.69) is 17.3 Å². The molecule has 0 radical (unpaired) electrons. The molecule has 1 saturated carbocycles. The van der Waals surface area contributed by atoms with Crippen molar-refractivity contribution in [3.8, 4) is 0 Å². The Bertz CT molecular complexity index is 347. The van der Waals surface area contributed by atoms with Gasteiger partial charge in [-0.15, -0.1) is 11.3 Å². The molecule has 90 valence electrons. The summed E-state index contributed by atoms with van der Waals surface area (Å²) in [6.45, 7) is 2.07. The number of methoxy groups -OCH3 is 1. The topological polar surface area (TPSA) is 48.1 Å². The summed E-state index contributed by atoms with van der Waals surface area (Å²) < 4.78 is 5.24. The molecule has 0 bridgehead atoms. The average molecular weight is 240 g/mol. The molecule has 1 unspecified atom stereocenters. The number of thiazole rings is 1. The summed E-state index contributed by atoms with van der Waals surface area (Å²) in [5.41, 5.74) is 7.41. The molecule has 3 nitrogen and oxygen atoms in total. The van der Waals surface area contributed by atoms with Gasteiger partial charge in [0.25, 0.3) is 0 Å². The van der Waals surface area contributed by atoms with Crippen molar-refractivity contribution in [1.29, 1.82) is 0 Å². The number of aromatic nitrogens is 1. The predicted molar refractivity (Wildman–Crippen MR) is 66.8 cm³/mol. The van der Waals surface area contributed by atoms with Crippen LogP contribution in [0.25, 0.3) is 0 Å². The maximum absolute atomic E-state index is 6.21. The van der Waals surface area contributed by atoms with E-state index in [1.165, 1.54) is 6.42 Å². The van der Waals surface area contributed by atoms with E-state index in [4.69, 9.17) is 10.5 Å². The number of hydrogen-bond acceptors (Lipinski definition) is 4. The van der Waals surface area contributed by atoms with Crippen LogP contribution in [0.4, 0.5) is 0 Å². The SMILES string of the molecule is COC(C)Cc1nc(CC2(N)CCC2)cs1. The molecule has 0 aliphatic heterocycles. The number of hydrogen-bond donors (Lipinski definition) is 1. The highest BCUT2D eigenvalue weighted by molar-refractivity contribution is 7.09. The molecule has 1 aliphatic rings. The van der Waals surface area contributed by atoms with Crippen molar-refractivity contribution < 1.29 is 4.74 Å². The zero-order valence-corrected chi connectivity index (χ0v) is 10.8. The highest BCUT2D eigenvalue weighted by Gasteiger charge is 2.33. The Morgan fingerprint density at radius 3 is 2.94 bits per heavy atom. The molecule has 0 spiro atoms. The van der Waals surface area contributed by atoms with Crippen LogP contribution in [0.1, 0.15) is 36.9 Å². The predicted octanol–water partition coefficient (Wildman–Crippen LogP) is 2.14. The zero-order chi connectivity index (χ0) is 11.6. The van der Waals surface area contributed by atoms with Gasteiger partial charge in [0.15, 0.2) is 0 Å². The Kier molecular flexibility index (Phi) is 3.62. The van der Waals surface area contributed by atoms with Crippen molar-refractivity contribution >= 4 is 11.3 Å². The highest BCUT2D eigenvalue weighted by Crippen LogP contribution is 2.32. The fraction of sp³-hybridized carbons (Fsp3) is 0.750. The molecule has 1 fully saturated rings. The first kappa shape index (κ1) is 12.0. The van der Waals surface area contributed by atoms with Gasteiger partial charge in [-0.3, -0.25) is 0 Å². The number of nitrogens with two attached hydrogens (primary N) is 1. The van der Waals surface area contributed by atoms with Gasteiger partial charge in [-0.2, -0.15) is 0 Å². The van der Waals surface area contributed by atoms with Crippen LogP contribution in [0.5, 0.6) is 0 Å². The Labute approximate surface area is 101 Å². The Balaban J connectivity index is 1.91. The van der Waals surface area contributed by atoms with Crippen molar-refractivity contribution in [2.45, 2.75) is 50.7 Å². The third kappa shape index (κ3) is 2.81. The molecule has 0 amide bonds. The van der Waals surface area contributed by atoms with Crippen molar-refractivity contribution in [2.24, 2.45) is 5.73 Å². The molecular weight excluding hydrogens is 220 g/mol. The summed E-state index contributed by atoms with van der Waals surface area (Å²) in [6.07, 6.45) is 5.65. The monoisotopic (exact) mass is 240 g/mol. The first-order valence-corrected chi connectivity index (χ1v) is 6.74. The standard InChI is InChI=1S/C12H20N2OS/c1-9(15-2)6-11-14-10(8-16-11)7-12(13)4-3-5-12/h8-9H,3-7,13H2,1-2H3. The maximum Gasteiger partial charge on any atom is 0.0954 e. The van der Waals surface area contributed by atoms with E-state index in [0.29, 0.717) is 0 Å². The molecule has 1 aromatic rings. The van der Waals surface area contributed by atoms with Crippen LogP contribution in [0.3, 0.4) is 0 Å². The van der Waals surface area contributed by atoms with Gasteiger partial charge in [0, 0.05) is 30.9 Å². The van der Waals surface area contributed by atoms with Crippen LogP contribution in [0, 0.1) is 0 Å². The molecule has 2 N–H and O–H groups in total. The lowest BCUT2D eigenvalue weighted by molar-refractivity contribution is 0.118. The van der Waals surface area contributed by atoms with Crippen molar-refractivity contribution in [1.82, 2.24) is 4.98 Å². The van der Waals surface area contributed by atoms with Crippen LogP contribution in [-0.2, 0) is 17.6 Å². The lowest BCUT2D eigenvalue weighted by Gasteiger charge is -2.37. The molecular formula is C12H20N2OS. The minimum atomic E-state index is 0.0399. The second-order valence-corrected chi connectivity index (χ2v) is 5.82. The summed E-state index contributed by atoms with van der Waals surface area (Å²) in [5, 5.41) is 3.30. The molecule has 1 heterocycles. The van der Waals surface area contributed by atoms with Gasteiger partial charge in [-0.05, 0) is 26.2 Å². The van der Waals surface area contributed by atoms with E-state index < -0.39 is 0 Å². The van der Waals surface area contributed by atoms with Gasteiger partial charge in [0.1, 0.15) is 0 Å². The Morgan fingerprint density at radius 2 is 2.38 bits per heavy atom. The summed E-state index contributed by atoms with van der Waals surface area (Å²) in [7, 11) is 1.74. The van der Waals surface area contributed by atoms with Crippen LogP contribution in [0.2, 0.25) is 0 Å². The smallest absolute Gasteiger partial charge is 0.0954 e. The maximum atomic E-state index is 6.21. The van der Waals surface area contributed by atoms with Crippen LogP contribution >= 0.6 is 11.3 Å². The van der Waals surface area contributed by atoms with Gasteiger partial charge in [0.2, 0.25) is 0 Å². The molecule has 2 rings (SSSR count). The van der Waals surface area contributed by atoms with Gasteiger partial charge in [-0.1, -0.05) is 0 Å². The van der Waals surface area contributed by atoms with E-state index in [-0.39, 0.29) is 11.6 Å². The average Bonchev–Trinajstić information content (AvgIpc) is 2.63. The summed E-state index contributed by atoms with van der Waals surface area (Å²) in [6, 6.07) is 0. The van der Waals surface area contributed by atoms with E-state index in [1.807, 2.05) is 0 Å². The number of ether oxygens (including phenoxy) is 1. The van der Waals surface area contributed by atoms with Crippen LogP contribution in [0.15, 0.2) is 5.38 Å². The minimum absolute atomic E-state index is 0.0399. The summed E-state index contributed by atoms with van der Waals surface area (Å²) >= 11 is 1.72. The van der Waals surface area contributed by atoms with E-state index >= 15 is 0 Å². The normalized spacial score (nSPS) is 20.4. The molecule has 16 heavy (non-hydrogen) atoms. The van der Waals surface area contributed by atoms with Gasteiger partial charge < -0.3 is 10.5 Å². The largest absolute Gasteiger partial charge is 0.381 e. The van der Waals surface area contributed by atoms with Gasteiger partial charge in [-0.25, -0.2) is 4.98 Å². The summed E-state index contributed by atoms with van der Waals surface area (Å²) in [4.78, 5) is 4.62. The highest BCUT2D eigenvalue weighted by atomic mass is 32.1. The van der Waals surface area contributed by atoms with Crippen LogP contribution < -0.4 is 5.73 Å². The fourth-order valence-electron chi connectivity index (χ4n) is 2.02. The van der Waals surface area contributed by atoms with Crippen molar-refractivity contribution in [3.63, 3.8) is 0 Å². The van der Waals surface area contributed by atoms with Gasteiger partial charge in [0.05, 0.1) is 16.8 Å².